The third kappa shape index (κ3) is 6.82. The Labute approximate surface area is 180 Å². The van der Waals surface area contributed by atoms with Crippen molar-refractivity contribution >= 4 is 17.3 Å². The van der Waals surface area contributed by atoms with Gasteiger partial charge in [0.05, 0.1) is 23.5 Å². The van der Waals surface area contributed by atoms with E-state index in [9.17, 15) is 4.79 Å². The van der Waals surface area contributed by atoms with E-state index in [2.05, 4.69) is 10.3 Å². The lowest BCUT2D eigenvalue weighted by atomic mass is 10.00. The maximum atomic E-state index is 12.4. The molecule has 6 nitrogen and oxygen atoms in total. The summed E-state index contributed by atoms with van der Waals surface area (Å²) >= 11 is 0. The number of benzene rings is 1. The van der Waals surface area contributed by atoms with Crippen LogP contribution in [0.15, 0.2) is 42.6 Å². The van der Waals surface area contributed by atoms with Gasteiger partial charge in [0.2, 0.25) is 6.29 Å². The summed E-state index contributed by atoms with van der Waals surface area (Å²) in [5, 5.41) is 3.32. The SMILES string of the molecule is CCOC(OCC)c1ccc(Nc2ccc(C(C)C(=O)OC(C)(C)CC)cc2)cn1. The Hall–Kier alpha value is -2.44. The zero-order chi connectivity index (χ0) is 22.1. The van der Waals surface area contributed by atoms with Crippen LogP contribution >= 0.6 is 0 Å². The molecule has 1 N–H and O–H groups in total. The van der Waals surface area contributed by atoms with Gasteiger partial charge in [-0.15, -0.1) is 0 Å². The molecule has 6 heteroatoms. The fourth-order valence-electron chi connectivity index (χ4n) is 2.73. The highest BCUT2D eigenvalue weighted by Gasteiger charge is 2.25. The van der Waals surface area contributed by atoms with Gasteiger partial charge in [-0.3, -0.25) is 9.78 Å². The van der Waals surface area contributed by atoms with Crippen molar-refractivity contribution in [1.82, 2.24) is 4.98 Å². The van der Waals surface area contributed by atoms with E-state index in [1.165, 1.54) is 0 Å². The molecule has 0 aliphatic carbocycles. The third-order valence-corrected chi connectivity index (χ3v) is 4.95. The van der Waals surface area contributed by atoms with Gasteiger partial charge in [-0.1, -0.05) is 19.1 Å². The molecule has 1 aromatic heterocycles. The minimum Gasteiger partial charge on any atom is -0.459 e. The van der Waals surface area contributed by atoms with E-state index in [0.29, 0.717) is 13.2 Å². The molecule has 1 atom stereocenters. The second-order valence-corrected chi connectivity index (χ2v) is 7.72. The van der Waals surface area contributed by atoms with Crippen LogP contribution in [0, 0.1) is 0 Å². The lowest BCUT2D eigenvalue weighted by molar-refractivity contribution is -0.158. The standard InChI is InChI=1S/C24H34N2O4/c1-7-24(5,6)30-22(27)17(4)18-10-12-19(13-11-18)26-20-14-15-21(25-16-20)23(28-8-2)29-9-3/h10-17,23,26H,7-9H2,1-6H3. The maximum absolute atomic E-state index is 12.4. The van der Waals surface area contributed by atoms with E-state index in [1.54, 1.807) is 6.20 Å². The van der Waals surface area contributed by atoms with E-state index in [-0.39, 0.29) is 11.9 Å². The molecule has 0 amide bonds. The predicted molar refractivity (Wildman–Crippen MR) is 119 cm³/mol. The van der Waals surface area contributed by atoms with Gasteiger partial charge in [-0.2, -0.15) is 0 Å². The number of esters is 1. The number of aromatic nitrogens is 1. The largest absolute Gasteiger partial charge is 0.459 e. The first-order valence-electron chi connectivity index (χ1n) is 10.6. The Kier molecular flexibility index (Phi) is 8.81. The smallest absolute Gasteiger partial charge is 0.313 e. The molecule has 2 aromatic rings. The van der Waals surface area contributed by atoms with Gasteiger partial charge in [-0.25, -0.2) is 0 Å². The molecule has 0 saturated heterocycles. The fourth-order valence-corrected chi connectivity index (χ4v) is 2.73. The van der Waals surface area contributed by atoms with E-state index in [4.69, 9.17) is 14.2 Å². The van der Waals surface area contributed by atoms with Crippen LogP contribution < -0.4 is 5.32 Å². The van der Waals surface area contributed by atoms with Crippen molar-refractivity contribution in [3.63, 3.8) is 0 Å². The molecule has 0 spiro atoms. The van der Waals surface area contributed by atoms with Crippen molar-refractivity contribution in [1.29, 1.82) is 0 Å². The van der Waals surface area contributed by atoms with E-state index in [1.807, 2.05) is 77.9 Å². The molecule has 1 heterocycles. The molecule has 30 heavy (non-hydrogen) atoms. The van der Waals surface area contributed by atoms with Crippen molar-refractivity contribution in [3.8, 4) is 0 Å². The molecule has 0 bridgehead atoms. The van der Waals surface area contributed by atoms with Crippen LogP contribution in [0.1, 0.15) is 71.4 Å². The minimum absolute atomic E-state index is 0.208. The zero-order valence-corrected chi connectivity index (χ0v) is 18.9. The summed E-state index contributed by atoms with van der Waals surface area (Å²) in [6, 6.07) is 11.6. The number of pyridine rings is 1. The number of anilines is 2. The first-order valence-corrected chi connectivity index (χ1v) is 10.6. The monoisotopic (exact) mass is 414 g/mol. The highest BCUT2D eigenvalue weighted by Crippen LogP contribution is 2.25. The van der Waals surface area contributed by atoms with Crippen LogP contribution in [-0.4, -0.2) is 29.8 Å². The molecular weight excluding hydrogens is 380 g/mol. The molecule has 0 aliphatic rings. The third-order valence-electron chi connectivity index (χ3n) is 4.95. The number of hydrogen-bond donors (Lipinski definition) is 1. The second kappa shape index (κ2) is 11.1. The molecule has 0 aliphatic heterocycles. The Morgan fingerprint density at radius 1 is 1.00 bits per heavy atom. The molecule has 0 fully saturated rings. The number of rotatable bonds is 11. The highest BCUT2D eigenvalue weighted by molar-refractivity contribution is 5.78. The number of carbonyl (C=O) groups is 1. The normalized spacial score (nSPS) is 12.6. The van der Waals surface area contributed by atoms with Crippen molar-refractivity contribution in [2.45, 2.75) is 65.8 Å². The Morgan fingerprint density at radius 3 is 2.10 bits per heavy atom. The Morgan fingerprint density at radius 2 is 1.60 bits per heavy atom. The van der Waals surface area contributed by atoms with Crippen LogP contribution in [0.4, 0.5) is 11.4 Å². The van der Waals surface area contributed by atoms with Crippen molar-refractivity contribution < 1.29 is 19.0 Å². The Bertz CT molecular complexity index is 782. The van der Waals surface area contributed by atoms with Gasteiger partial charge in [0.25, 0.3) is 0 Å². The van der Waals surface area contributed by atoms with Gasteiger partial charge in [0.1, 0.15) is 5.60 Å². The molecular formula is C24H34N2O4. The summed E-state index contributed by atoms with van der Waals surface area (Å²) in [5.74, 6) is -0.527. The molecule has 0 radical (unpaired) electrons. The number of ether oxygens (including phenoxy) is 3. The lowest BCUT2D eigenvalue weighted by Gasteiger charge is -2.25. The topological polar surface area (TPSA) is 69.7 Å². The number of nitrogens with one attached hydrogen (secondary N) is 1. The Balaban J connectivity index is 2.01. The summed E-state index contributed by atoms with van der Waals surface area (Å²) < 4.78 is 16.8. The van der Waals surface area contributed by atoms with Crippen LogP contribution in [0.5, 0.6) is 0 Å². The van der Waals surface area contributed by atoms with E-state index in [0.717, 1.165) is 29.1 Å². The summed E-state index contributed by atoms with van der Waals surface area (Å²) in [7, 11) is 0. The van der Waals surface area contributed by atoms with Gasteiger partial charge in [-0.05, 0) is 70.9 Å². The van der Waals surface area contributed by atoms with Crippen LogP contribution in [0.25, 0.3) is 0 Å². The summed E-state index contributed by atoms with van der Waals surface area (Å²) in [6.07, 6.45) is 2.07. The van der Waals surface area contributed by atoms with Crippen molar-refractivity contribution in [3.05, 3.63) is 53.9 Å². The highest BCUT2D eigenvalue weighted by atomic mass is 16.7. The predicted octanol–water partition coefficient (Wildman–Crippen LogP) is 5.73. The summed E-state index contributed by atoms with van der Waals surface area (Å²) in [6.45, 7) is 12.7. The van der Waals surface area contributed by atoms with Gasteiger partial charge >= 0.3 is 5.97 Å². The zero-order valence-electron chi connectivity index (χ0n) is 18.9. The summed E-state index contributed by atoms with van der Waals surface area (Å²) in [5.41, 5.74) is 2.98. The number of carbonyl (C=O) groups excluding carboxylic acids is 1. The summed E-state index contributed by atoms with van der Waals surface area (Å²) in [4.78, 5) is 16.9. The molecule has 2 rings (SSSR count). The van der Waals surface area contributed by atoms with Gasteiger partial charge < -0.3 is 19.5 Å². The quantitative estimate of drug-likeness (QED) is 0.374. The molecule has 1 unspecified atom stereocenters. The minimum atomic E-state index is -0.452. The van der Waals surface area contributed by atoms with Crippen LogP contribution in [0.3, 0.4) is 0 Å². The van der Waals surface area contributed by atoms with E-state index >= 15 is 0 Å². The van der Waals surface area contributed by atoms with Gasteiger partial charge in [0, 0.05) is 18.9 Å². The van der Waals surface area contributed by atoms with Crippen molar-refractivity contribution in [2.75, 3.05) is 18.5 Å². The number of nitrogens with zero attached hydrogens (tertiary/aromatic N) is 1. The first-order chi connectivity index (χ1) is 14.3. The van der Waals surface area contributed by atoms with Crippen molar-refractivity contribution in [2.24, 2.45) is 0 Å². The van der Waals surface area contributed by atoms with Crippen LogP contribution in [-0.2, 0) is 19.0 Å². The molecule has 164 valence electrons. The average molecular weight is 415 g/mol. The lowest BCUT2D eigenvalue weighted by Crippen LogP contribution is -2.29. The second-order valence-electron chi connectivity index (χ2n) is 7.72. The maximum Gasteiger partial charge on any atom is 0.313 e. The first kappa shape index (κ1) is 23.8. The fraction of sp³-hybridized carbons (Fsp3) is 0.500. The van der Waals surface area contributed by atoms with Crippen LogP contribution in [0.2, 0.25) is 0 Å². The number of hydrogen-bond acceptors (Lipinski definition) is 6. The molecule has 0 saturated carbocycles. The average Bonchev–Trinajstić information content (AvgIpc) is 2.74. The molecule has 1 aromatic carbocycles. The van der Waals surface area contributed by atoms with Gasteiger partial charge in [0.15, 0.2) is 0 Å². The van der Waals surface area contributed by atoms with E-state index < -0.39 is 11.9 Å².